The highest BCUT2D eigenvalue weighted by Crippen LogP contribution is 2.28. The van der Waals surface area contributed by atoms with Gasteiger partial charge in [-0.05, 0) is 32.6 Å². The smallest absolute Gasteiger partial charge is 0.0707 e. The molecule has 3 heterocycles. The molecule has 1 N–H and O–H groups in total. The van der Waals surface area contributed by atoms with Crippen LogP contribution in [0.1, 0.15) is 32.6 Å². The van der Waals surface area contributed by atoms with Crippen molar-refractivity contribution in [2.45, 2.75) is 56.9 Å². The van der Waals surface area contributed by atoms with E-state index in [1.54, 1.807) is 0 Å². The molecule has 0 amide bonds. The van der Waals surface area contributed by atoms with Crippen LogP contribution in [0, 0.1) is 0 Å². The summed E-state index contributed by atoms with van der Waals surface area (Å²) >= 11 is 0. The number of ether oxygens (including phenoxy) is 1. The summed E-state index contributed by atoms with van der Waals surface area (Å²) in [6, 6.07) is 1.49. The lowest BCUT2D eigenvalue weighted by molar-refractivity contribution is -0.0563. The molecule has 0 aromatic carbocycles. The van der Waals surface area contributed by atoms with E-state index in [0.29, 0.717) is 12.2 Å². The number of fused-ring (bicyclic) bond motifs is 2. The van der Waals surface area contributed by atoms with Gasteiger partial charge < -0.3 is 10.1 Å². The van der Waals surface area contributed by atoms with Gasteiger partial charge in [0.05, 0.1) is 12.2 Å². The fourth-order valence-electron chi connectivity index (χ4n) is 3.24. The molecule has 0 aliphatic carbocycles. The minimum Gasteiger partial charge on any atom is -0.372 e. The second kappa shape index (κ2) is 4.04. The van der Waals surface area contributed by atoms with Crippen LogP contribution >= 0.6 is 0 Å². The number of hydrogen-bond acceptors (Lipinski definition) is 3. The predicted molar refractivity (Wildman–Crippen MR) is 60.0 cm³/mol. The fourth-order valence-corrected chi connectivity index (χ4v) is 3.24. The normalized spacial score (nSPS) is 47.0. The van der Waals surface area contributed by atoms with Gasteiger partial charge in [-0.25, -0.2) is 0 Å². The number of nitrogens with one attached hydrogen (secondary N) is 1. The zero-order valence-electron chi connectivity index (χ0n) is 9.61. The average Bonchev–Trinajstić information content (AvgIpc) is 2.59. The van der Waals surface area contributed by atoms with E-state index < -0.39 is 0 Å². The van der Waals surface area contributed by atoms with Crippen LogP contribution in [-0.4, -0.2) is 48.8 Å². The Morgan fingerprint density at radius 2 is 1.80 bits per heavy atom. The van der Waals surface area contributed by atoms with Gasteiger partial charge in [0.2, 0.25) is 0 Å². The molecule has 3 fully saturated rings. The second-order valence-corrected chi connectivity index (χ2v) is 5.45. The lowest BCUT2D eigenvalue weighted by Gasteiger charge is -2.41. The van der Waals surface area contributed by atoms with Crippen molar-refractivity contribution < 1.29 is 4.74 Å². The highest BCUT2D eigenvalue weighted by Gasteiger charge is 2.37. The molecule has 3 heteroatoms. The number of rotatable bonds is 1. The summed E-state index contributed by atoms with van der Waals surface area (Å²) in [5, 5.41) is 3.60. The topological polar surface area (TPSA) is 24.5 Å². The van der Waals surface area contributed by atoms with Crippen molar-refractivity contribution in [3.05, 3.63) is 0 Å². The second-order valence-electron chi connectivity index (χ2n) is 5.45. The van der Waals surface area contributed by atoms with E-state index in [-0.39, 0.29) is 0 Å². The van der Waals surface area contributed by atoms with Gasteiger partial charge in [0.25, 0.3) is 0 Å². The van der Waals surface area contributed by atoms with Crippen LogP contribution in [0.15, 0.2) is 0 Å². The lowest BCUT2D eigenvalue weighted by Crippen LogP contribution is -2.54. The summed E-state index contributed by atoms with van der Waals surface area (Å²) in [5.74, 6) is 0. The maximum absolute atomic E-state index is 5.88. The van der Waals surface area contributed by atoms with Gasteiger partial charge in [0, 0.05) is 31.7 Å². The van der Waals surface area contributed by atoms with Gasteiger partial charge in [-0.3, -0.25) is 4.90 Å². The maximum atomic E-state index is 5.88. The van der Waals surface area contributed by atoms with Gasteiger partial charge in [-0.1, -0.05) is 0 Å². The van der Waals surface area contributed by atoms with E-state index >= 15 is 0 Å². The summed E-state index contributed by atoms with van der Waals surface area (Å²) in [6.07, 6.45) is 6.37. The molecule has 3 nitrogen and oxygen atoms in total. The third-order valence-electron chi connectivity index (χ3n) is 4.22. The molecule has 3 saturated heterocycles. The highest BCUT2D eigenvalue weighted by molar-refractivity contribution is 4.90. The first-order chi connectivity index (χ1) is 7.31. The number of likely N-dealkylation sites (tertiary alicyclic amines) is 1. The molecular weight excluding hydrogens is 188 g/mol. The van der Waals surface area contributed by atoms with Crippen molar-refractivity contribution >= 4 is 0 Å². The quantitative estimate of drug-likeness (QED) is 0.698. The molecule has 15 heavy (non-hydrogen) atoms. The molecule has 4 atom stereocenters. The van der Waals surface area contributed by atoms with Gasteiger partial charge in [-0.15, -0.1) is 0 Å². The molecule has 0 aromatic rings. The lowest BCUT2D eigenvalue weighted by atomic mass is 10.00. The molecule has 3 aliphatic heterocycles. The number of piperidine rings is 1. The zero-order chi connectivity index (χ0) is 10.3. The Labute approximate surface area is 92.2 Å². The highest BCUT2D eigenvalue weighted by atomic mass is 16.5. The molecule has 3 rings (SSSR count). The molecule has 0 radical (unpaired) electrons. The first-order valence-corrected chi connectivity index (χ1v) is 6.44. The Morgan fingerprint density at radius 3 is 2.40 bits per heavy atom. The minimum atomic E-state index is 0.545. The van der Waals surface area contributed by atoms with Crippen molar-refractivity contribution in [3.63, 3.8) is 0 Å². The summed E-state index contributed by atoms with van der Waals surface area (Å²) in [6.45, 7) is 5.83. The number of morpholine rings is 1. The van der Waals surface area contributed by atoms with Crippen molar-refractivity contribution in [2.75, 3.05) is 19.6 Å². The van der Waals surface area contributed by atoms with Gasteiger partial charge >= 0.3 is 0 Å². The Balaban J connectivity index is 1.58. The molecule has 86 valence electrons. The molecule has 0 spiro atoms. The van der Waals surface area contributed by atoms with Crippen molar-refractivity contribution in [2.24, 2.45) is 0 Å². The Hall–Kier alpha value is -0.120. The Bertz CT molecular complexity index is 214. The van der Waals surface area contributed by atoms with Gasteiger partial charge in [-0.2, -0.15) is 0 Å². The zero-order valence-corrected chi connectivity index (χ0v) is 9.61. The molecule has 4 unspecified atom stereocenters. The van der Waals surface area contributed by atoms with E-state index in [4.69, 9.17) is 4.74 Å². The van der Waals surface area contributed by atoms with Gasteiger partial charge in [0.1, 0.15) is 0 Å². The molecule has 2 bridgehead atoms. The van der Waals surface area contributed by atoms with Crippen molar-refractivity contribution in [1.29, 1.82) is 0 Å². The first kappa shape index (κ1) is 10.1. The average molecular weight is 210 g/mol. The molecule has 3 aliphatic rings. The van der Waals surface area contributed by atoms with E-state index in [0.717, 1.165) is 12.1 Å². The predicted octanol–water partition coefficient (Wildman–Crippen LogP) is 0.990. The first-order valence-electron chi connectivity index (χ1n) is 6.44. The van der Waals surface area contributed by atoms with Crippen LogP contribution in [0.5, 0.6) is 0 Å². The van der Waals surface area contributed by atoms with E-state index in [1.807, 2.05) is 0 Å². The summed E-state index contributed by atoms with van der Waals surface area (Å²) in [7, 11) is 0. The molecule has 0 aromatic heterocycles. The summed E-state index contributed by atoms with van der Waals surface area (Å²) in [4.78, 5) is 2.67. The van der Waals surface area contributed by atoms with E-state index in [9.17, 15) is 0 Å². The Morgan fingerprint density at radius 1 is 1.07 bits per heavy atom. The number of nitrogens with zero attached hydrogens (tertiary/aromatic N) is 1. The Kier molecular flexibility index (Phi) is 2.71. The van der Waals surface area contributed by atoms with Crippen molar-refractivity contribution in [3.8, 4) is 0 Å². The largest absolute Gasteiger partial charge is 0.372 e. The standard InChI is InChI=1S/C12H22N2O/c1-9-2-3-10(6-13-9)14-7-11-4-5-12(8-14)15-11/h9-13H,2-8H2,1H3. The van der Waals surface area contributed by atoms with Crippen LogP contribution in [0.2, 0.25) is 0 Å². The van der Waals surface area contributed by atoms with Crippen LogP contribution in [0.3, 0.4) is 0 Å². The third kappa shape index (κ3) is 2.05. The van der Waals surface area contributed by atoms with E-state index in [2.05, 4.69) is 17.1 Å². The molecule has 0 saturated carbocycles. The summed E-state index contributed by atoms with van der Waals surface area (Å²) < 4.78 is 5.88. The van der Waals surface area contributed by atoms with Crippen molar-refractivity contribution in [1.82, 2.24) is 10.2 Å². The van der Waals surface area contributed by atoms with Crippen LogP contribution in [0.25, 0.3) is 0 Å². The molecular formula is C12H22N2O. The fraction of sp³-hybridized carbons (Fsp3) is 1.00. The minimum absolute atomic E-state index is 0.545. The van der Waals surface area contributed by atoms with Crippen LogP contribution in [-0.2, 0) is 4.74 Å². The summed E-state index contributed by atoms with van der Waals surface area (Å²) in [5.41, 5.74) is 0. The van der Waals surface area contributed by atoms with Crippen LogP contribution in [0.4, 0.5) is 0 Å². The SMILES string of the molecule is CC1CCC(N2CC3CCC(C2)O3)CN1. The van der Waals surface area contributed by atoms with E-state index in [1.165, 1.54) is 45.3 Å². The monoisotopic (exact) mass is 210 g/mol. The third-order valence-corrected chi connectivity index (χ3v) is 4.22. The van der Waals surface area contributed by atoms with Crippen LogP contribution < -0.4 is 5.32 Å². The number of hydrogen-bond donors (Lipinski definition) is 1. The van der Waals surface area contributed by atoms with Gasteiger partial charge in [0.15, 0.2) is 0 Å². The maximum Gasteiger partial charge on any atom is 0.0707 e.